The molecule has 3 aromatic carbocycles. The summed E-state index contributed by atoms with van der Waals surface area (Å²) in [5, 5.41) is 0. The van der Waals surface area contributed by atoms with Crippen LogP contribution in [0.3, 0.4) is 0 Å². The predicted octanol–water partition coefficient (Wildman–Crippen LogP) is 5.03. The second-order valence-corrected chi connectivity index (χ2v) is 9.55. The molecule has 198 valence electrons. The minimum atomic E-state index is -0.592. The quantitative estimate of drug-likeness (QED) is 0.270. The molecular formula is C32H32N4O3. The monoisotopic (exact) mass is 520 g/mol. The van der Waals surface area contributed by atoms with E-state index < -0.39 is 5.92 Å². The zero-order valence-electron chi connectivity index (χ0n) is 22.7. The summed E-state index contributed by atoms with van der Waals surface area (Å²) < 4.78 is 12.7. The van der Waals surface area contributed by atoms with E-state index in [1.807, 2.05) is 122 Å². The van der Waals surface area contributed by atoms with E-state index in [2.05, 4.69) is 6.58 Å². The van der Waals surface area contributed by atoms with E-state index in [1.165, 1.54) is 0 Å². The Kier molecular flexibility index (Phi) is 6.98. The van der Waals surface area contributed by atoms with Crippen LogP contribution in [0.5, 0.6) is 5.75 Å². The number of hydrogen-bond donors (Lipinski definition) is 0. The van der Waals surface area contributed by atoms with Crippen LogP contribution >= 0.6 is 0 Å². The third-order valence-corrected chi connectivity index (χ3v) is 7.36. The van der Waals surface area contributed by atoms with Crippen molar-refractivity contribution >= 4 is 0 Å². The minimum absolute atomic E-state index is 0.160. The van der Waals surface area contributed by atoms with E-state index in [4.69, 9.17) is 4.74 Å². The molecule has 0 amide bonds. The highest BCUT2D eigenvalue weighted by Crippen LogP contribution is 2.34. The molecule has 0 unspecified atom stereocenters. The number of benzene rings is 3. The highest BCUT2D eigenvalue weighted by atomic mass is 16.5. The summed E-state index contributed by atoms with van der Waals surface area (Å²) in [5.74, 6) is 0.0983. The van der Waals surface area contributed by atoms with Crippen molar-refractivity contribution in [3.8, 4) is 17.1 Å². The lowest BCUT2D eigenvalue weighted by atomic mass is 9.85. The van der Waals surface area contributed by atoms with E-state index in [0.29, 0.717) is 23.5 Å². The summed E-state index contributed by atoms with van der Waals surface area (Å²) in [7, 11) is 3.74. The molecule has 0 spiro atoms. The average molecular weight is 521 g/mol. The van der Waals surface area contributed by atoms with Crippen molar-refractivity contribution in [2.24, 2.45) is 14.1 Å². The summed E-state index contributed by atoms with van der Waals surface area (Å²) in [5.41, 5.74) is 4.73. The fourth-order valence-electron chi connectivity index (χ4n) is 5.23. The maximum absolute atomic E-state index is 14.2. The van der Waals surface area contributed by atoms with Crippen molar-refractivity contribution in [1.29, 1.82) is 0 Å². The normalized spacial score (nSPS) is 11.2. The SMILES string of the molecule is C=CCOc1ccc(C(c2c(C)n(C)n(-c3ccccc3)c2=O)c2c(C)n(C)n(-c3ccccc3)c2=O)cc1. The lowest BCUT2D eigenvalue weighted by molar-refractivity contribution is 0.363. The van der Waals surface area contributed by atoms with Crippen LogP contribution in [0.15, 0.2) is 107 Å². The van der Waals surface area contributed by atoms with Crippen molar-refractivity contribution in [1.82, 2.24) is 18.7 Å². The van der Waals surface area contributed by atoms with Gasteiger partial charge in [-0.3, -0.25) is 19.0 Å². The van der Waals surface area contributed by atoms with Gasteiger partial charge in [-0.2, -0.15) is 0 Å². The van der Waals surface area contributed by atoms with Crippen molar-refractivity contribution in [2.45, 2.75) is 19.8 Å². The molecule has 0 fully saturated rings. The number of ether oxygens (including phenoxy) is 1. The van der Waals surface area contributed by atoms with Gasteiger partial charge in [-0.05, 0) is 55.8 Å². The van der Waals surface area contributed by atoms with Crippen LogP contribution in [0.1, 0.15) is 34.0 Å². The molecule has 0 saturated heterocycles. The first-order valence-corrected chi connectivity index (χ1v) is 12.9. The zero-order chi connectivity index (χ0) is 27.7. The molecule has 0 saturated carbocycles. The largest absolute Gasteiger partial charge is 0.490 e. The Labute approximate surface area is 227 Å². The first-order valence-electron chi connectivity index (χ1n) is 12.9. The Morgan fingerprint density at radius 3 is 1.56 bits per heavy atom. The molecule has 0 N–H and O–H groups in total. The Morgan fingerprint density at radius 1 is 0.718 bits per heavy atom. The highest BCUT2D eigenvalue weighted by Gasteiger charge is 2.32. The summed E-state index contributed by atoms with van der Waals surface area (Å²) in [6.45, 7) is 7.96. The van der Waals surface area contributed by atoms with Crippen LogP contribution in [0.25, 0.3) is 11.4 Å². The summed E-state index contributed by atoms with van der Waals surface area (Å²) in [6.07, 6.45) is 1.69. The van der Waals surface area contributed by atoms with Crippen molar-refractivity contribution in [2.75, 3.05) is 6.61 Å². The number of nitrogens with zero attached hydrogens (tertiary/aromatic N) is 4. The van der Waals surface area contributed by atoms with Crippen LogP contribution in [0.4, 0.5) is 0 Å². The maximum atomic E-state index is 14.2. The number of rotatable bonds is 8. The molecule has 0 bridgehead atoms. The van der Waals surface area contributed by atoms with E-state index >= 15 is 0 Å². The molecular weight excluding hydrogens is 488 g/mol. The van der Waals surface area contributed by atoms with Gasteiger partial charge >= 0.3 is 0 Å². The molecule has 39 heavy (non-hydrogen) atoms. The molecule has 0 aliphatic heterocycles. The lowest BCUT2D eigenvalue weighted by Crippen LogP contribution is -2.26. The van der Waals surface area contributed by atoms with Crippen LogP contribution < -0.4 is 15.9 Å². The van der Waals surface area contributed by atoms with Gasteiger partial charge in [-0.15, -0.1) is 0 Å². The third kappa shape index (κ3) is 4.46. The van der Waals surface area contributed by atoms with Crippen LogP contribution in [0, 0.1) is 13.8 Å². The summed E-state index contributed by atoms with van der Waals surface area (Å²) in [4.78, 5) is 28.4. The van der Waals surface area contributed by atoms with Gasteiger partial charge in [0.25, 0.3) is 11.1 Å². The van der Waals surface area contributed by atoms with E-state index in [-0.39, 0.29) is 11.1 Å². The van der Waals surface area contributed by atoms with Gasteiger partial charge < -0.3 is 4.74 Å². The molecule has 2 aromatic heterocycles. The Balaban J connectivity index is 1.79. The molecule has 5 aromatic rings. The van der Waals surface area contributed by atoms with Gasteiger partial charge in [-0.1, -0.05) is 61.2 Å². The molecule has 7 heteroatoms. The lowest BCUT2D eigenvalue weighted by Gasteiger charge is -2.17. The summed E-state index contributed by atoms with van der Waals surface area (Å²) in [6, 6.07) is 26.7. The number of aromatic nitrogens is 4. The Morgan fingerprint density at radius 2 is 1.15 bits per heavy atom. The topological polar surface area (TPSA) is 63.1 Å². The first-order chi connectivity index (χ1) is 18.8. The van der Waals surface area contributed by atoms with Gasteiger partial charge in [0.1, 0.15) is 12.4 Å². The average Bonchev–Trinajstić information content (AvgIpc) is 3.32. The van der Waals surface area contributed by atoms with E-state index in [0.717, 1.165) is 28.3 Å². The zero-order valence-corrected chi connectivity index (χ0v) is 22.7. The second-order valence-electron chi connectivity index (χ2n) is 9.55. The Hall–Kier alpha value is -4.78. The fourth-order valence-corrected chi connectivity index (χ4v) is 5.23. The molecule has 0 aliphatic rings. The Bertz CT molecular complexity index is 1630. The van der Waals surface area contributed by atoms with Gasteiger partial charge in [0, 0.05) is 31.4 Å². The smallest absolute Gasteiger partial charge is 0.275 e. The molecule has 5 rings (SSSR count). The minimum Gasteiger partial charge on any atom is -0.490 e. The molecule has 0 aliphatic carbocycles. The first kappa shape index (κ1) is 25.9. The van der Waals surface area contributed by atoms with E-state index in [1.54, 1.807) is 15.4 Å². The van der Waals surface area contributed by atoms with Gasteiger partial charge in [0.15, 0.2) is 0 Å². The van der Waals surface area contributed by atoms with Gasteiger partial charge in [0.2, 0.25) is 0 Å². The van der Waals surface area contributed by atoms with Crippen LogP contribution in [-0.2, 0) is 14.1 Å². The van der Waals surface area contributed by atoms with Crippen molar-refractivity contribution in [3.63, 3.8) is 0 Å². The van der Waals surface area contributed by atoms with Crippen molar-refractivity contribution < 1.29 is 4.74 Å². The standard InChI is InChI=1S/C32H32N4O3/c1-6-21-39-27-19-17-24(18-20-27)30(28-22(2)33(4)35(31(28)37)25-13-9-7-10-14-25)29-23(3)34(5)36(32(29)38)26-15-11-8-12-16-26/h6-20,30H,1,21H2,2-5H3. The molecule has 7 nitrogen and oxygen atoms in total. The predicted molar refractivity (Wildman–Crippen MR) is 155 cm³/mol. The second kappa shape index (κ2) is 10.5. The summed E-state index contributed by atoms with van der Waals surface area (Å²) >= 11 is 0. The molecule has 0 radical (unpaired) electrons. The van der Waals surface area contributed by atoms with Crippen molar-refractivity contribution in [3.05, 3.63) is 146 Å². The van der Waals surface area contributed by atoms with Crippen LogP contribution in [0.2, 0.25) is 0 Å². The fraction of sp³-hybridized carbons (Fsp3) is 0.188. The molecule has 0 atom stereocenters. The number of hydrogen-bond acceptors (Lipinski definition) is 3. The maximum Gasteiger partial charge on any atom is 0.275 e. The third-order valence-electron chi connectivity index (χ3n) is 7.36. The van der Waals surface area contributed by atoms with E-state index in [9.17, 15) is 9.59 Å². The highest BCUT2D eigenvalue weighted by molar-refractivity contribution is 5.49. The molecule has 2 heterocycles. The van der Waals surface area contributed by atoms with Gasteiger partial charge in [0.05, 0.1) is 22.5 Å². The number of para-hydroxylation sites is 2. The van der Waals surface area contributed by atoms with Gasteiger partial charge in [-0.25, -0.2) is 9.36 Å². The van der Waals surface area contributed by atoms with Crippen LogP contribution in [-0.4, -0.2) is 25.3 Å².